The fraction of sp³-hybridized carbons (Fsp3) is 0.267. The van der Waals surface area contributed by atoms with Crippen LogP contribution in [0.3, 0.4) is 0 Å². The molecule has 9 heteroatoms. The van der Waals surface area contributed by atoms with E-state index >= 15 is 0 Å². The summed E-state index contributed by atoms with van der Waals surface area (Å²) in [5.41, 5.74) is 2.64. The molecule has 0 saturated heterocycles. The molecule has 3 heterocycles. The van der Waals surface area contributed by atoms with Crippen molar-refractivity contribution in [2.24, 2.45) is 0 Å². The number of hydrogen-bond donors (Lipinski definition) is 2. The molecule has 3 aromatic heterocycles. The van der Waals surface area contributed by atoms with Gasteiger partial charge in [-0.05, 0) is 25.0 Å². The van der Waals surface area contributed by atoms with Gasteiger partial charge >= 0.3 is 5.76 Å². The largest absolute Gasteiger partial charge is 0.439 e. The van der Waals surface area contributed by atoms with Gasteiger partial charge in [-0.25, -0.2) is 4.79 Å². The van der Waals surface area contributed by atoms with Gasteiger partial charge in [0.2, 0.25) is 5.82 Å². The highest BCUT2D eigenvalue weighted by atomic mass is 16.5. The third kappa shape index (κ3) is 2.83. The molecule has 4 rings (SSSR count). The van der Waals surface area contributed by atoms with E-state index < -0.39 is 5.76 Å². The van der Waals surface area contributed by atoms with Crippen LogP contribution in [0.4, 0.5) is 0 Å². The number of H-pyrrole nitrogens is 1. The predicted octanol–water partition coefficient (Wildman–Crippen LogP) is 1.22. The molecular weight excluding hydrogens is 314 g/mol. The molecule has 0 spiro atoms. The van der Waals surface area contributed by atoms with Gasteiger partial charge in [0.25, 0.3) is 5.91 Å². The molecule has 0 atom stereocenters. The Bertz CT molecular complexity index is 920. The van der Waals surface area contributed by atoms with E-state index in [1.54, 1.807) is 18.4 Å². The Morgan fingerprint density at radius 1 is 1.33 bits per heavy atom. The minimum absolute atomic E-state index is 0.213. The van der Waals surface area contributed by atoms with Crippen molar-refractivity contribution in [1.82, 2.24) is 25.6 Å². The summed E-state index contributed by atoms with van der Waals surface area (Å²) < 4.78 is 9.41. The van der Waals surface area contributed by atoms with Crippen LogP contribution < -0.4 is 11.1 Å². The molecule has 0 unspecified atom stereocenters. The highest BCUT2D eigenvalue weighted by Crippen LogP contribution is 2.40. The number of carbonyl (C=O) groups is 1. The molecule has 0 radical (unpaired) electrons. The van der Waals surface area contributed by atoms with Crippen molar-refractivity contribution in [3.8, 4) is 11.5 Å². The SMILES string of the molecule is O=C(NCc1conc1C1CC1)c1ccc(-c2noc(=O)[nH]2)nc1. The number of rotatable bonds is 5. The summed E-state index contributed by atoms with van der Waals surface area (Å²) in [6.45, 7) is 0.354. The zero-order chi connectivity index (χ0) is 16.5. The van der Waals surface area contributed by atoms with Crippen molar-refractivity contribution in [3.63, 3.8) is 0 Å². The number of carbonyl (C=O) groups excluding carboxylic acids is 1. The Morgan fingerprint density at radius 2 is 2.21 bits per heavy atom. The van der Waals surface area contributed by atoms with Gasteiger partial charge in [0.15, 0.2) is 0 Å². The van der Waals surface area contributed by atoms with Gasteiger partial charge in [-0.3, -0.25) is 19.3 Å². The van der Waals surface area contributed by atoms with Crippen molar-refractivity contribution in [2.75, 3.05) is 0 Å². The Labute approximate surface area is 135 Å². The normalized spacial score (nSPS) is 13.8. The van der Waals surface area contributed by atoms with Gasteiger partial charge in [-0.2, -0.15) is 0 Å². The van der Waals surface area contributed by atoms with Crippen LogP contribution in [0.1, 0.15) is 40.4 Å². The second-order valence-electron chi connectivity index (χ2n) is 5.56. The Kier molecular flexibility index (Phi) is 3.45. The highest BCUT2D eigenvalue weighted by Gasteiger charge is 2.29. The molecule has 3 aromatic rings. The minimum Gasteiger partial charge on any atom is -0.364 e. The molecule has 1 amide bonds. The molecule has 0 bridgehead atoms. The molecule has 0 aromatic carbocycles. The lowest BCUT2D eigenvalue weighted by Crippen LogP contribution is -2.23. The summed E-state index contributed by atoms with van der Waals surface area (Å²) in [6.07, 6.45) is 5.20. The summed E-state index contributed by atoms with van der Waals surface area (Å²) in [4.78, 5) is 29.6. The van der Waals surface area contributed by atoms with E-state index in [0.717, 1.165) is 24.1 Å². The van der Waals surface area contributed by atoms with Crippen LogP contribution in [0.25, 0.3) is 11.5 Å². The summed E-state index contributed by atoms with van der Waals surface area (Å²) >= 11 is 0. The fourth-order valence-electron chi connectivity index (χ4n) is 2.38. The zero-order valence-corrected chi connectivity index (χ0v) is 12.5. The number of nitrogens with one attached hydrogen (secondary N) is 2. The number of nitrogens with zero attached hydrogens (tertiary/aromatic N) is 3. The second-order valence-corrected chi connectivity index (χ2v) is 5.56. The van der Waals surface area contributed by atoms with Crippen LogP contribution in [-0.2, 0) is 6.54 Å². The lowest BCUT2D eigenvalue weighted by molar-refractivity contribution is 0.0950. The van der Waals surface area contributed by atoms with Crippen LogP contribution in [-0.4, -0.2) is 26.2 Å². The van der Waals surface area contributed by atoms with E-state index in [2.05, 4.69) is 30.1 Å². The molecule has 9 nitrogen and oxygen atoms in total. The highest BCUT2D eigenvalue weighted by molar-refractivity contribution is 5.94. The van der Waals surface area contributed by atoms with E-state index in [4.69, 9.17) is 4.52 Å². The van der Waals surface area contributed by atoms with Crippen molar-refractivity contribution < 1.29 is 13.8 Å². The molecule has 0 aliphatic heterocycles. The first-order chi connectivity index (χ1) is 11.7. The van der Waals surface area contributed by atoms with Crippen molar-refractivity contribution in [2.45, 2.75) is 25.3 Å². The lowest BCUT2D eigenvalue weighted by Gasteiger charge is -2.05. The first-order valence-electron chi connectivity index (χ1n) is 7.44. The Morgan fingerprint density at radius 3 is 2.88 bits per heavy atom. The first-order valence-corrected chi connectivity index (χ1v) is 7.44. The van der Waals surface area contributed by atoms with E-state index in [1.165, 1.54) is 6.20 Å². The molecule has 2 N–H and O–H groups in total. The average Bonchev–Trinajstić information content (AvgIpc) is 3.18. The lowest BCUT2D eigenvalue weighted by atomic mass is 10.1. The maximum atomic E-state index is 12.2. The van der Waals surface area contributed by atoms with Crippen LogP contribution in [0.5, 0.6) is 0 Å². The molecule has 122 valence electrons. The third-order valence-corrected chi connectivity index (χ3v) is 3.79. The van der Waals surface area contributed by atoms with Gasteiger partial charge in [-0.15, -0.1) is 0 Å². The van der Waals surface area contributed by atoms with Crippen molar-refractivity contribution in [3.05, 3.63) is 52.0 Å². The summed E-state index contributed by atoms with van der Waals surface area (Å²) in [5.74, 6) is -0.244. The van der Waals surface area contributed by atoms with E-state index in [0.29, 0.717) is 23.7 Å². The topological polar surface area (TPSA) is 127 Å². The molecular formula is C15H13N5O4. The van der Waals surface area contributed by atoms with Crippen LogP contribution >= 0.6 is 0 Å². The number of hydrogen-bond acceptors (Lipinski definition) is 7. The van der Waals surface area contributed by atoms with Crippen molar-refractivity contribution >= 4 is 5.91 Å². The first kappa shape index (κ1) is 14.4. The zero-order valence-electron chi connectivity index (χ0n) is 12.5. The summed E-state index contributed by atoms with van der Waals surface area (Å²) in [5, 5.41) is 10.3. The third-order valence-electron chi connectivity index (χ3n) is 3.79. The van der Waals surface area contributed by atoms with Gasteiger partial charge in [-0.1, -0.05) is 10.3 Å². The van der Waals surface area contributed by atoms with Gasteiger partial charge in [0.05, 0.1) is 11.3 Å². The summed E-state index contributed by atoms with van der Waals surface area (Å²) in [7, 11) is 0. The van der Waals surface area contributed by atoms with Crippen LogP contribution in [0, 0.1) is 0 Å². The second kappa shape index (κ2) is 5.76. The number of amides is 1. The van der Waals surface area contributed by atoms with Gasteiger partial charge < -0.3 is 9.84 Å². The molecule has 1 aliphatic rings. The number of pyridine rings is 1. The van der Waals surface area contributed by atoms with E-state index in [9.17, 15) is 9.59 Å². The molecule has 24 heavy (non-hydrogen) atoms. The Balaban J connectivity index is 1.42. The average molecular weight is 327 g/mol. The predicted molar refractivity (Wildman–Crippen MR) is 80.0 cm³/mol. The maximum absolute atomic E-state index is 12.2. The molecule has 1 aliphatic carbocycles. The van der Waals surface area contributed by atoms with Crippen molar-refractivity contribution in [1.29, 1.82) is 0 Å². The van der Waals surface area contributed by atoms with Crippen LogP contribution in [0.15, 0.2) is 38.4 Å². The quantitative estimate of drug-likeness (QED) is 0.721. The standard InChI is InChI=1S/C15H13N5O4/c21-14(17-6-10-7-23-19-12(10)8-1-2-8)9-3-4-11(16-5-9)13-18-15(22)24-20-13/h3-5,7-8H,1-2,6H2,(H,17,21)(H,18,20,22). The smallest absolute Gasteiger partial charge is 0.364 e. The molecule has 1 fully saturated rings. The van der Waals surface area contributed by atoms with Gasteiger partial charge in [0.1, 0.15) is 12.0 Å². The van der Waals surface area contributed by atoms with Crippen LogP contribution in [0.2, 0.25) is 0 Å². The Hall–Kier alpha value is -3.23. The van der Waals surface area contributed by atoms with Gasteiger partial charge in [0, 0.05) is 24.2 Å². The maximum Gasteiger partial charge on any atom is 0.439 e. The minimum atomic E-state index is -0.659. The molecule has 1 saturated carbocycles. The number of aromatic amines is 1. The fourth-order valence-corrected chi connectivity index (χ4v) is 2.38. The summed E-state index contributed by atoms with van der Waals surface area (Å²) in [6, 6.07) is 3.18. The van der Waals surface area contributed by atoms with E-state index in [-0.39, 0.29) is 11.7 Å². The number of aromatic nitrogens is 4. The van der Waals surface area contributed by atoms with E-state index in [1.807, 2.05) is 0 Å². The monoisotopic (exact) mass is 327 g/mol.